The number of hydrogen-bond acceptors (Lipinski definition) is 12. The molecule has 0 saturated carbocycles. The SMILES string of the molecule is C=CC(=O)OCCCCOC(=O)CN(CCN(CC(=O)O)CC(=O)OCCCCOC(=O)C=C)CC(=O)O. The maximum atomic E-state index is 12.1. The first-order chi connectivity index (χ1) is 18.1. The molecule has 0 aliphatic rings. The summed E-state index contributed by atoms with van der Waals surface area (Å²) in [7, 11) is 0. The molecule has 0 aromatic heterocycles. The summed E-state index contributed by atoms with van der Waals surface area (Å²) in [4.78, 5) is 71.0. The Kier molecular flexibility index (Phi) is 19.2. The van der Waals surface area contributed by atoms with Crippen LogP contribution in [-0.2, 0) is 47.7 Å². The highest BCUT2D eigenvalue weighted by Gasteiger charge is 2.20. The van der Waals surface area contributed by atoms with Crippen molar-refractivity contribution in [3.05, 3.63) is 25.3 Å². The third-order valence-electron chi connectivity index (χ3n) is 4.58. The summed E-state index contributed by atoms with van der Waals surface area (Å²) in [5.41, 5.74) is 0. The molecular formula is C24H36N2O12. The Morgan fingerprint density at radius 1 is 0.553 bits per heavy atom. The van der Waals surface area contributed by atoms with Gasteiger partial charge in [-0.1, -0.05) is 13.2 Å². The van der Waals surface area contributed by atoms with E-state index in [-0.39, 0.29) is 52.6 Å². The molecule has 0 unspecified atom stereocenters. The Morgan fingerprint density at radius 2 is 0.868 bits per heavy atom. The van der Waals surface area contributed by atoms with E-state index in [0.717, 1.165) is 12.2 Å². The number of aliphatic carboxylic acids is 2. The van der Waals surface area contributed by atoms with Gasteiger partial charge in [0.2, 0.25) is 0 Å². The highest BCUT2D eigenvalue weighted by molar-refractivity contribution is 5.81. The zero-order valence-electron chi connectivity index (χ0n) is 21.3. The number of carboxylic acids is 2. The lowest BCUT2D eigenvalue weighted by atomic mass is 10.3. The monoisotopic (exact) mass is 544 g/mol. The number of hydrogen-bond donors (Lipinski definition) is 2. The van der Waals surface area contributed by atoms with E-state index in [1.165, 1.54) is 9.80 Å². The summed E-state index contributed by atoms with van der Waals surface area (Å²) >= 11 is 0. The van der Waals surface area contributed by atoms with Crippen molar-refractivity contribution >= 4 is 35.8 Å². The van der Waals surface area contributed by atoms with Crippen LogP contribution in [0, 0.1) is 0 Å². The van der Waals surface area contributed by atoms with Gasteiger partial charge in [0.05, 0.1) is 52.6 Å². The maximum absolute atomic E-state index is 12.1. The highest BCUT2D eigenvalue weighted by Crippen LogP contribution is 1.99. The number of carboxylic acid groups (broad SMARTS) is 2. The Bertz CT molecular complexity index is 748. The molecule has 0 heterocycles. The predicted octanol–water partition coefficient (Wildman–Crippen LogP) is -0.135. The average molecular weight is 545 g/mol. The summed E-state index contributed by atoms with van der Waals surface area (Å²) in [5, 5.41) is 18.3. The highest BCUT2D eigenvalue weighted by atomic mass is 16.5. The fraction of sp³-hybridized carbons (Fsp3) is 0.583. The molecule has 0 aromatic rings. The molecule has 14 nitrogen and oxygen atoms in total. The Labute approximate surface area is 220 Å². The van der Waals surface area contributed by atoms with Gasteiger partial charge in [-0.25, -0.2) is 9.59 Å². The van der Waals surface area contributed by atoms with Crippen LogP contribution in [0.1, 0.15) is 25.7 Å². The normalized spacial score (nSPS) is 10.5. The number of carbonyl (C=O) groups is 6. The lowest BCUT2D eigenvalue weighted by Crippen LogP contribution is -2.43. The Morgan fingerprint density at radius 3 is 1.16 bits per heavy atom. The quantitative estimate of drug-likeness (QED) is 0.0749. The second-order valence-electron chi connectivity index (χ2n) is 7.81. The summed E-state index contributed by atoms with van der Waals surface area (Å²) in [6.07, 6.45) is 3.81. The van der Waals surface area contributed by atoms with Crippen molar-refractivity contribution in [3.63, 3.8) is 0 Å². The number of nitrogens with zero attached hydrogens (tertiary/aromatic N) is 2. The van der Waals surface area contributed by atoms with E-state index in [1.807, 2.05) is 0 Å². The maximum Gasteiger partial charge on any atom is 0.330 e. The van der Waals surface area contributed by atoms with Crippen molar-refractivity contribution in [2.75, 3.05) is 65.7 Å². The predicted molar refractivity (Wildman–Crippen MR) is 131 cm³/mol. The van der Waals surface area contributed by atoms with Crippen molar-refractivity contribution in [2.45, 2.75) is 25.7 Å². The van der Waals surface area contributed by atoms with Gasteiger partial charge < -0.3 is 29.2 Å². The largest absolute Gasteiger partial charge is 0.480 e. The molecule has 0 fully saturated rings. The van der Waals surface area contributed by atoms with Gasteiger partial charge in [-0.2, -0.15) is 0 Å². The van der Waals surface area contributed by atoms with Crippen LogP contribution in [-0.4, -0.2) is 122 Å². The molecule has 0 amide bonds. The van der Waals surface area contributed by atoms with Crippen LogP contribution in [0.4, 0.5) is 0 Å². The molecule has 0 spiro atoms. The van der Waals surface area contributed by atoms with E-state index in [0.29, 0.717) is 25.7 Å². The van der Waals surface area contributed by atoms with Crippen molar-refractivity contribution in [3.8, 4) is 0 Å². The van der Waals surface area contributed by atoms with Crippen LogP contribution in [0.25, 0.3) is 0 Å². The van der Waals surface area contributed by atoms with E-state index >= 15 is 0 Å². The topological polar surface area (TPSA) is 186 Å². The molecule has 2 N–H and O–H groups in total. The standard InChI is InChI=1S/C24H36N2O12/c1-3-21(31)35-11-5-7-13-37-23(33)17-25(15-19(27)28)9-10-26(16-20(29)30)18-24(34)38-14-8-6-12-36-22(32)4-2/h3-4H,1-2,5-18H2,(H,27,28)(H,29,30). The van der Waals surface area contributed by atoms with Crippen LogP contribution < -0.4 is 0 Å². The van der Waals surface area contributed by atoms with E-state index in [1.54, 1.807) is 0 Å². The molecule has 0 aromatic carbocycles. The number of rotatable bonds is 23. The van der Waals surface area contributed by atoms with Crippen LogP contribution in [0.15, 0.2) is 25.3 Å². The third kappa shape index (κ3) is 20.4. The molecule has 14 heteroatoms. The van der Waals surface area contributed by atoms with E-state index in [4.69, 9.17) is 29.2 Å². The first-order valence-electron chi connectivity index (χ1n) is 11.8. The van der Waals surface area contributed by atoms with Gasteiger partial charge >= 0.3 is 35.8 Å². The van der Waals surface area contributed by atoms with Crippen LogP contribution in [0.3, 0.4) is 0 Å². The Hall–Kier alpha value is -3.78. The molecule has 0 aliphatic carbocycles. The summed E-state index contributed by atoms with van der Waals surface area (Å²) in [6, 6.07) is 0. The number of carbonyl (C=O) groups excluding carboxylic acids is 4. The van der Waals surface area contributed by atoms with Gasteiger partial charge in [-0.05, 0) is 25.7 Å². The fourth-order valence-corrected chi connectivity index (χ4v) is 2.79. The van der Waals surface area contributed by atoms with Crippen LogP contribution in [0.2, 0.25) is 0 Å². The number of unbranched alkanes of at least 4 members (excludes halogenated alkanes) is 2. The lowest BCUT2D eigenvalue weighted by Gasteiger charge is -2.24. The average Bonchev–Trinajstić information content (AvgIpc) is 2.85. The second-order valence-corrected chi connectivity index (χ2v) is 7.81. The van der Waals surface area contributed by atoms with E-state index in [9.17, 15) is 28.8 Å². The van der Waals surface area contributed by atoms with E-state index in [2.05, 4.69) is 13.2 Å². The molecule has 38 heavy (non-hydrogen) atoms. The van der Waals surface area contributed by atoms with Crippen molar-refractivity contribution in [2.24, 2.45) is 0 Å². The molecule has 0 bridgehead atoms. The number of esters is 4. The van der Waals surface area contributed by atoms with Crippen LogP contribution >= 0.6 is 0 Å². The summed E-state index contributed by atoms with van der Waals surface area (Å²) < 4.78 is 19.7. The zero-order valence-corrected chi connectivity index (χ0v) is 21.3. The molecule has 214 valence electrons. The third-order valence-corrected chi connectivity index (χ3v) is 4.58. The van der Waals surface area contributed by atoms with Gasteiger partial charge in [-0.3, -0.25) is 29.0 Å². The molecule has 0 rings (SSSR count). The fourth-order valence-electron chi connectivity index (χ4n) is 2.79. The van der Waals surface area contributed by atoms with Crippen molar-refractivity contribution in [1.82, 2.24) is 9.80 Å². The lowest BCUT2D eigenvalue weighted by molar-refractivity contribution is -0.149. The molecular weight excluding hydrogens is 508 g/mol. The minimum Gasteiger partial charge on any atom is -0.480 e. The molecule has 0 aliphatic heterocycles. The molecule has 0 atom stereocenters. The molecule has 0 saturated heterocycles. The second kappa shape index (κ2) is 21.3. The van der Waals surface area contributed by atoms with Gasteiger partial charge in [0.15, 0.2) is 0 Å². The van der Waals surface area contributed by atoms with E-state index < -0.39 is 48.9 Å². The molecule has 0 radical (unpaired) electrons. The minimum absolute atomic E-state index is 0.0336. The van der Waals surface area contributed by atoms with Gasteiger partial charge in [-0.15, -0.1) is 0 Å². The zero-order chi connectivity index (χ0) is 28.8. The number of ether oxygens (including phenoxy) is 4. The van der Waals surface area contributed by atoms with Gasteiger partial charge in [0.25, 0.3) is 0 Å². The first kappa shape index (κ1) is 34.2. The van der Waals surface area contributed by atoms with Gasteiger partial charge in [0.1, 0.15) is 0 Å². The van der Waals surface area contributed by atoms with Crippen molar-refractivity contribution < 1.29 is 57.9 Å². The minimum atomic E-state index is -1.20. The summed E-state index contributed by atoms with van der Waals surface area (Å²) in [5.74, 6) is -4.88. The van der Waals surface area contributed by atoms with Crippen molar-refractivity contribution in [1.29, 1.82) is 0 Å². The smallest absolute Gasteiger partial charge is 0.330 e. The first-order valence-corrected chi connectivity index (χ1v) is 11.8. The Balaban J connectivity index is 4.54. The summed E-state index contributed by atoms with van der Waals surface area (Å²) in [6.45, 7) is 5.09. The van der Waals surface area contributed by atoms with Crippen LogP contribution in [0.5, 0.6) is 0 Å². The van der Waals surface area contributed by atoms with Gasteiger partial charge in [0, 0.05) is 25.2 Å².